The summed E-state index contributed by atoms with van der Waals surface area (Å²) in [5.74, 6) is -0.323. The predicted molar refractivity (Wildman–Crippen MR) is 106 cm³/mol. The van der Waals surface area contributed by atoms with Crippen LogP contribution in [-0.4, -0.2) is 31.7 Å². The molecule has 0 aliphatic heterocycles. The van der Waals surface area contributed by atoms with Crippen molar-refractivity contribution in [2.24, 2.45) is 0 Å². The number of nitrogens with one attached hydrogen (secondary N) is 1. The van der Waals surface area contributed by atoms with Crippen LogP contribution in [0.15, 0.2) is 48.5 Å². The molecular weight excluding hydrogens is 326 g/mol. The van der Waals surface area contributed by atoms with E-state index in [2.05, 4.69) is 27.3 Å². The Morgan fingerprint density at radius 2 is 1.85 bits per heavy atom. The zero-order valence-electron chi connectivity index (χ0n) is 15.5. The van der Waals surface area contributed by atoms with Crippen LogP contribution in [0.5, 0.6) is 0 Å². The molecule has 3 aromatic rings. The molecule has 2 aromatic carbocycles. The highest BCUT2D eigenvalue weighted by atomic mass is 16.5. The van der Waals surface area contributed by atoms with E-state index >= 15 is 0 Å². The second-order valence-corrected chi connectivity index (χ2v) is 6.33. The fraction of sp³-hybridized carbons (Fsp3) is 0.238. The van der Waals surface area contributed by atoms with E-state index in [1.165, 1.54) is 0 Å². The van der Waals surface area contributed by atoms with E-state index in [-0.39, 0.29) is 5.97 Å². The molecule has 0 saturated carbocycles. The molecule has 0 radical (unpaired) electrons. The summed E-state index contributed by atoms with van der Waals surface area (Å²) in [6.45, 7) is 4.11. The molecule has 0 spiro atoms. The third-order valence-corrected chi connectivity index (χ3v) is 4.11. The number of hydrogen-bond donors (Lipinski definition) is 1. The van der Waals surface area contributed by atoms with Crippen molar-refractivity contribution >= 4 is 33.9 Å². The van der Waals surface area contributed by atoms with Gasteiger partial charge in [0.1, 0.15) is 0 Å². The maximum atomic E-state index is 12.1. The first-order valence-corrected chi connectivity index (χ1v) is 8.61. The smallest absolute Gasteiger partial charge is 0.338 e. The van der Waals surface area contributed by atoms with Crippen molar-refractivity contribution in [3.05, 3.63) is 59.8 Å². The van der Waals surface area contributed by atoms with Crippen LogP contribution in [0.4, 0.5) is 17.1 Å². The van der Waals surface area contributed by atoms with Crippen LogP contribution in [0.1, 0.15) is 23.0 Å². The predicted octanol–water partition coefficient (Wildman–Crippen LogP) is 4.53. The Kier molecular flexibility index (Phi) is 5.07. The summed E-state index contributed by atoms with van der Waals surface area (Å²) in [6, 6.07) is 15.6. The van der Waals surface area contributed by atoms with Gasteiger partial charge >= 0.3 is 5.97 Å². The normalized spacial score (nSPS) is 10.6. The molecule has 0 atom stereocenters. The first kappa shape index (κ1) is 17.7. The first-order valence-electron chi connectivity index (χ1n) is 8.61. The second-order valence-electron chi connectivity index (χ2n) is 6.33. The Morgan fingerprint density at radius 3 is 2.50 bits per heavy atom. The van der Waals surface area contributed by atoms with E-state index < -0.39 is 0 Å². The maximum absolute atomic E-state index is 12.1. The lowest BCUT2D eigenvalue weighted by molar-refractivity contribution is 0.0526. The minimum atomic E-state index is -0.323. The number of carbonyl (C=O) groups excluding carboxylic acids is 1. The Labute approximate surface area is 153 Å². The molecule has 5 heteroatoms. The van der Waals surface area contributed by atoms with Gasteiger partial charge in [0.25, 0.3) is 0 Å². The number of anilines is 3. The van der Waals surface area contributed by atoms with Gasteiger partial charge < -0.3 is 15.0 Å². The lowest BCUT2D eigenvalue weighted by Crippen LogP contribution is -2.08. The van der Waals surface area contributed by atoms with Gasteiger partial charge in [-0.3, -0.25) is 4.98 Å². The number of hydrogen-bond acceptors (Lipinski definition) is 5. The van der Waals surface area contributed by atoms with Gasteiger partial charge in [0.2, 0.25) is 0 Å². The molecule has 1 N–H and O–H groups in total. The van der Waals surface area contributed by atoms with Crippen LogP contribution in [0.2, 0.25) is 0 Å². The summed E-state index contributed by atoms with van der Waals surface area (Å²) in [5, 5.41) is 4.33. The van der Waals surface area contributed by atoms with E-state index in [1.807, 2.05) is 51.4 Å². The molecule has 0 bridgehead atoms. The average Bonchev–Trinajstić information content (AvgIpc) is 2.62. The molecule has 5 nitrogen and oxygen atoms in total. The summed E-state index contributed by atoms with van der Waals surface area (Å²) in [6.07, 6.45) is 0. The van der Waals surface area contributed by atoms with Crippen molar-refractivity contribution in [1.29, 1.82) is 0 Å². The Balaban J connectivity index is 2.00. The van der Waals surface area contributed by atoms with Crippen LogP contribution in [0, 0.1) is 6.92 Å². The fourth-order valence-corrected chi connectivity index (χ4v) is 2.80. The Bertz CT molecular complexity index is 934. The van der Waals surface area contributed by atoms with Gasteiger partial charge in [0, 0.05) is 42.2 Å². The first-order chi connectivity index (χ1) is 12.5. The quantitative estimate of drug-likeness (QED) is 0.686. The van der Waals surface area contributed by atoms with Crippen LogP contribution in [-0.2, 0) is 4.74 Å². The number of nitrogens with zero attached hydrogens (tertiary/aromatic N) is 2. The van der Waals surface area contributed by atoms with Crippen LogP contribution in [0.25, 0.3) is 10.9 Å². The average molecular weight is 349 g/mol. The van der Waals surface area contributed by atoms with E-state index in [4.69, 9.17) is 4.74 Å². The summed E-state index contributed by atoms with van der Waals surface area (Å²) >= 11 is 0. The molecule has 1 heterocycles. The molecular formula is C21H23N3O2. The minimum Gasteiger partial charge on any atom is -0.462 e. The summed E-state index contributed by atoms with van der Waals surface area (Å²) < 4.78 is 5.11. The van der Waals surface area contributed by atoms with Crippen LogP contribution >= 0.6 is 0 Å². The second kappa shape index (κ2) is 7.44. The van der Waals surface area contributed by atoms with Gasteiger partial charge in [-0.05, 0) is 62.4 Å². The zero-order chi connectivity index (χ0) is 18.7. The van der Waals surface area contributed by atoms with Crippen LogP contribution < -0.4 is 10.2 Å². The van der Waals surface area contributed by atoms with E-state index in [0.29, 0.717) is 12.2 Å². The van der Waals surface area contributed by atoms with Crippen molar-refractivity contribution < 1.29 is 9.53 Å². The number of aryl methyl sites for hydroxylation is 1. The van der Waals surface area contributed by atoms with Gasteiger partial charge in [0.05, 0.1) is 17.7 Å². The van der Waals surface area contributed by atoms with E-state index in [9.17, 15) is 4.79 Å². The molecule has 0 saturated heterocycles. The number of rotatable bonds is 5. The summed E-state index contributed by atoms with van der Waals surface area (Å²) in [5.41, 5.74) is 5.30. The van der Waals surface area contributed by atoms with Crippen molar-refractivity contribution in [1.82, 2.24) is 4.98 Å². The maximum Gasteiger partial charge on any atom is 0.338 e. The molecule has 1 aromatic heterocycles. The van der Waals surface area contributed by atoms with Crippen molar-refractivity contribution in [3.63, 3.8) is 0 Å². The van der Waals surface area contributed by atoms with E-state index in [0.717, 1.165) is 33.7 Å². The van der Waals surface area contributed by atoms with Crippen molar-refractivity contribution in [2.45, 2.75) is 13.8 Å². The number of pyridine rings is 1. The van der Waals surface area contributed by atoms with Gasteiger partial charge in [0.15, 0.2) is 0 Å². The molecule has 0 amide bonds. The molecule has 134 valence electrons. The molecule has 0 aliphatic carbocycles. The zero-order valence-corrected chi connectivity index (χ0v) is 15.5. The highest BCUT2D eigenvalue weighted by molar-refractivity contribution is 5.99. The number of fused-ring (bicyclic) bond motifs is 1. The Hall–Kier alpha value is -3.08. The van der Waals surface area contributed by atoms with E-state index in [1.54, 1.807) is 13.0 Å². The summed E-state index contributed by atoms with van der Waals surface area (Å²) in [7, 11) is 4.03. The molecule has 3 rings (SSSR count). The topological polar surface area (TPSA) is 54.5 Å². The summed E-state index contributed by atoms with van der Waals surface area (Å²) in [4.78, 5) is 18.7. The number of carbonyl (C=O) groups is 1. The minimum absolute atomic E-state index is 0.323. The van der Waals surface area contributed by atoms with Crippen molar-refractivity contribution in [2.75, 3.05) is 30.9 Å². The number of benzene rings is 2. The van der Waals surface area contributed by atoms with Gasteiger partial charge in [-0.15, -0.1) is 0 Å². The monoisotopic (exact) mass is 349 g/mol. The highest BCUT2D eigenvalue weighted by Crippen LogP contribution is 2.28. The lowest BCUT2D eigenvalue weighted by Gasteiger charge is -2.15. The number of esters is 1. The molecule has 0 fully saturated rings. The highest BCUT2D eigenvalue weighted by Gasteiger charge is 2.11. The third kappa shape index (κ3) is 3.77. The molecule has 0 aliphatic rings. The van der Waals surface area contributed by atoms with Gasteiger partial charge in [-0.2, -0.15) is 0 Å². The number of aromatic nitrogens is 1. The number of ether oxygens (including phenoxy) is 1. The van der Waals surface area contributed by atoms with Crippen LogP contribution in [0.3, 0.4) is 0 Å². The third-order valence-electron chi connectivity index (χ3n) is 4.11. The van der Waals surface area contributed by atoms with Gasteiger partial charge in [-0.25, -0.2) is 4.79 Å². The SMILES string of the molecule is CCOC(=O)c1ccc2nc(C)cc(Nc3ccc(N(C)C)cc3)c2c1. The Morgan fingerprint density at radius 1 is 1.12 bits per heavy atom. The van der Waals surface area contributed by atoms with Crippen molar-refractivity contribution in [3.8, 4) is 0 Å². The molecule has 0 unspecified atom stereocenters. The largest absolute Gasteiger partial charge is 0.462 e. The van der Waals surface area contributed by atoms with Gasteiger partial charge in [-0.1, -0.05) is 0 Å². The lowest BCUT2D eigenvalue weighted by atomic mass is 10.1. The fourth-order valence-electron chi connectivity index (χ4n) is 2.80. The molecule has 26 heavy (non-hydrogen) atoms. The standard InChI is InChI=1S/C21H23N3O2/c1-5-26-21(25)15-6-11-19-18(13-15)20(12-14(2)22-19)23-16-7-9-17(10-8-16)24(3)4/h6-13H,5H2,1-4H3,(H,22,23).